The van der Waals surface area contributed by atoms with Gasteiger partial charge in [0.15, 0.2) is 0 Å². The van der Waals surface area contributed by atoms with Crippen molar-refractivity contribution in [3.63, 3.8) is 0 Å². The number of fused-ring (bicyclic) bond motifs is 1. The maximum absolute atomic E-state index is 13.6. The molecule has 0 aliphatic carbocycles. The summed E-state index contributed by atoms with van der Waals surface area (Å²) in [6.07, 6.45) is 4.79. The summed E-state index contributed by atoms with van der Waals surface area (Å²) in [6.45, 7) is 8.25. The first-order valence-electron chi connectivity index (χ1n) is 10.2. The van der Waals surface area contributed by atoms with Gasteiger partial charge in [0.1, 0.15) is 0 Å². The van der Waals surface area contributed by atoms with Crippen molar-refractivity contribution in [3.8, 4) is 0 Å². The lowest BCUT2D eigenvalue weighted by Gasteiger charge is -2.25. The van der Waals surface area contributed by atoms with Crippen molar-refractivity contribution in [2.75, 3.05) is 4.31 Å². The summed E-state index contributed by atoms with van der Waals surface area (Å²) in [4.78, 5) is 0.325. The van der Waals surface area contributed by atoms with Crippen molar-refractivity contribution in [2.24, 2.45) is 0 Å². The molecule has 1 heterocycles. The molecule has 154 valence electrons. The molecule has 30 heavy (non-hydrogen) atoms. The van der Waals surface area contributed by atoms with E-state index in [-0.39, 0.29) is 6.04 Å². The molecule has 1 aliphatic heterocycles. The smallest absolute Gasteiger partial charge is 0.259 e. The van der Waals surface area contributed by atoms with Crippen molar-refractivity contribution in [2.45, 2.75) is 45.1 Å². The van der Waals surface area contributed by atoms with Crippen molar-refractivity contribution in [1.82, 2.24) is 0 Å². The van der Waals surface area contributed by atoms with Gasteiger partial charge in [-0.3, -0.25) is 4.31 Å². The first-order valence-corrected chi connectivity index (χ1v) is 11.7. The van der Waals surface area contributed by atoms with Crippen molar-refractivity contribution in [1.29, 1.82) is 0 Å². The molecule has 4 heteroatoms. The summed E-state index contributed by atoms with van der Waals surface area (Å²) < 4.78 is 28.8. The van der Waals surface area contributed by atoms with Gasteiger partial charge in [-0.1, -0.05) is 65.7 Å². The predicted molar refractivity (Wildman–Crippen MR) is 124 cm³/mol. The molecule has 0 aromatic heterocycles. The Morgan fingerprint density at radius 2 is 1.50 bits per heavy atom. The average Bonchev–Trinajstić information content (AvgIpc) is 3.06. The molecule has 1 unspecified atom stereocenters. The zero-order valence-corrected chi connectivity index (χ0v) is 18.7. The minimum atomic E-state index is -3.67. The lowest BCUT2D eigenvalue weighted by Crippen LogP contribution is -2.36. The van der Waals surface area contributed by atoms with Gasteiger partial charge in [0.05, 0.1) is 16.6 Å². The fraction of sp³-hybridized carbons (Fsp3) is 0.231. The van der Waals surface area contributed by atoms with Gasteiger partial charge < -0.3 is 0 Å². The number of rotatable bonds is 4. The number of hydrogen-bond donors (Lipinski definition) is 0. The topological polar surface area (TPSA) is 37.4 Å². The van der Waals surface area contributed by atoms with E-state index < -0.39 is 10.0 Å². The van der Waals surface area contributed by atoms with Gasteiger partial charge in [0.2, 0.25) is 0 Å². The Hall–Kier alpha value is -2.85. The van der Waals surface area contributed by atoms with E-state index in [4.69, 9.17) is 0 Å². The maximum Gasteiger partial charge on any atom is 0.264 e. The van der Waals surface area contributed by atoms with Crippen molar-refractivity contribution >= 4 is 21.8 Å². The van der Waals surface area contributed by atoms with Crippen LogP contribution in [0.5, 0.6) is 0 Å². The molecule has 0 N–H and O–H groups in total. The number of para-hydroxylation sites is 1. The molecule has 0 bridgehead atoms. The van der Waals surface area contributed by atoms with E-state index in [1.807, 2.05) is 49.4 Å². The third-order valence-corrected chi connectivity index (χ3v) is 7.61. The van der Waals surface area contributed by atoms with Crippen molar-refractivity contribution < 1.29 is 8.42 Å². The minimum Gasteiger partial charge on any atom is -0.259 e. The first kappa shape index (κ1) is 20.4. The summed E-state index contributed by atoms with van der Waals surface area (Å²) >= 11 is 0. The Morgan fingerprint density at radius 3 is 2.17 bits per heavy atom. The summed E-state index contributed by atoms with van der Waals surface area (Å²) in [5.41, 5.74) is 7.66. The molecule has 3 nitrogen and oxygen atoms in total. The molecule has 1 aliphatic rings. The predicted octanol–water partition coefficient (Wildman–Crippen LogP) is 5.75. The van der Waals surface area contributed by atoms with E-state index in [2.05, 4.69) is 39.0 Å². The molecule has 3 aromatic rings. The zero-order valence-electron chi connectivity index (χ0n) is 17.9. The van der Waals surface area contributed by atoms with Gasteiger partial charge in [-0.05, 0) is 74.6 Å². The first-order chi connectivity index (χ1) is 14.3. The fourth-order valence-electron chi connectivity index (χ4n) is 4.32. The van der Waals surface area contributed by atoms with Crippen LogP contribution in [0.25, 0.3) is 6.08 Å². The van der Waals surface area contributed by atoms with Crippen LogP contribution in [0.4, 0.5) is 5.69 Å². The third-order valence-electron chi connectivity index (χ3n) is 5.76. The van der Waals surface area contributed by atoms with Crippen LogP contribution in [0.1, 0.15) is 33.4 Å². The van der Waals surface area contributed by atoms with E-state index >= 15 is 0 Å². The molecular formula is C26H27NO2S. The molecule has 0 fully saturated rings. The molecular weight excluding hydrogens is 390 g/mol. The highest BCUT2D eigenvalue weighted by Crippen LogP contribution is 2.37. The van der Waals surface area contributed by atoms with Crippen LogP contribution in [0.15, 0.2) is 71.6 Å². The highest BCUT2D eigenvalue weighted by atomic mass is 32.2. The lowest BCUT2D eigenvalue weighted by atomic mass is 9.98. The fourth-order valence-corrected chi connectivity index (χ4v) is 5.97. The molecule has 0 radical (unpaired) electrons. The van der Waals surface area contributed by atoms with Crippen LogP contribution in [0.2, 0.25) is 0 Å². The molecule has 0 spiro atoms. The van der Waals surface area contributed by atoms with Crippen LogP contribution in [-0.2, 0) is 16.4 Å². The maximum atomic E-state index is 13.6. The Bertz CT molecular complexity index is 1200. The Kier molecular flexibility index (Phi) is 5.29. The summed E-state index contributed by atoms with van der Waals surface area (Å²) in [7, 11) is -3.67. The van der Waals surface area contributed by atoms with Crippen LogP contribution in [0.3, 0.4) is 0 Å². The highest BCUT2D eigenvalue weighted by Gasteiger charge is 2.37. The molecule has 4 rings (SSSR count). The van der Waals surface area contributed by atoms with E-state index in [1.165, 1.54) is 16.7 Å². The van der Waals surface area contributed by atoms with Gasteiger partial charge in [-0.25, -0.2) is 8.42 Å². The van der Waals surface area contributed by atoms with E-state index in [9.17, 15) is 8.42 Å². The Balaban J connectivity index is 1.77. The summed E-state index contributed by atoms with van der Waals surface area (Å²) in [5, 5.41) is 0. The highest BCUT2D eigenvalue weighted by molar-refractivity contribution is 7.92. The van der Waals surface area contributed by atoms with E-state index in [0.29, 0.717) is 11.3 Å². The number of anilines is 1. The number of aryl methyl sites for hydroxylation is 4. The number of nitrogens with zero attached hydrogens (tertiary/aromatic N) is 1. The Morgan fingerprint density at radius 1 is 0.867 bits per heavy atom. The third kappa shape index (κ3) is 3.68. The van der Waals surface area contributed by atoms with E-state index in [1.54, 1.807) is 16.4 Å². The second-order valence-electron chi connectivity index (χ2n) is 8.19. The SMILES string of the molecule is Cc1ccc(S(=O)(=O)N2c3ccccc3CC2/C=C/c2c(C)cc(C)cc2C)cc1. The van der Waals surface area contributed by atoms with Gasteiger partial charge in [-0.15, -0.1) is 0 Å². The van der Waals surface area contributed by atoms with Gasteiger partial charge in [0.25, 0.3) is 10.0 Å². The molecule has 3 aromatic carbocycles. The van der Waals surface area contributed by atoms with Crippen molar-refractivity contribution in [3.05, 3.63) is 100 Å². The lowest BCUT2D eigenvalue weighted by molar-refractivity contribution is 0.588. The molecule has 0 saturated heterocycles. The Labute approximate surface area is 179 Å². The normalized spacial score (nSPS) is 16.3. The van der Waals surface area contributed by atoms with E-state index in [0.717, 1.165) is 22.4 Å². The molecule has 0 amide bonds. The van der Waals surface area contributed by atoms with Crippen LogP contribution < -0.4 is 4.31 Å². The number of hydrogen-bond acceptors (Lipinski definition) is 2. The largest absolute Gasteiger partial charge is 0.264 e. The number of sulfonamides is 1. The van der Waals surface area contributed by atoms with Gasteiger partial charge in [-0.2, -0.15) is 0 Å². The molecule has 0 saturated carbocycles. The summed E-state index contributed by atoms with van der Waals surface area (Å²) in [5.74, 6) is 0. The van der Waals surface area contributed by atoms with Gasteiger partial charge >= 0.3 is 0 Å². The van der Waals surface area contributed by atoms with Crippen LogP contribution in [-0.4, -0.2) is 14.5 Å². The summed E-state index contributed by atoms with van der Waals surface area (Å²) in [6, 6.07) is 18.9. The molecule has 1 atom stereocenters. The average molecular weight is 418 g/mol. The minimum absolute atomic E-state index is 0.256. The van der Waals surface area contributed by atoms with Gasteiger partial charge in [0, 0.05) is 0 Å². The second kappa shape index (κ2) is 7.77. The van der Waals surface area contributed by atoms with Crippen LogP contribution in [0, 0.1) is 27.7 Å². The quantitative estimate of drug-likeness (QED) is 0.542. The number of benzene rings is 3. The zero-order chi connectivity index (χ0) is 21.5. The van der Waals surface area contributed by atoms with Crippen LogP contribution >= 0.6 is 0 Å². The second-order valence-corrected chi connectivity index (χ2v) is 10.0. The standard InChI is InChI=1S/C26H27NO2S/c1-18-9-12-24(13-10-18)30(28,29)27-23(17-22-7-5-6-8-26(22)27)11-14-25-20(3)15-19(2)16-21(25)4/h5-16,23H,17H2,1-4H3/b14-11+. The monoisotopic (exact) mass is 417 g/mol.